The standard InChI is InChI=1S/Cs.FH2O3P.Fe.H/c;1-5(2,3)4;;/h;(H2,2,3,4);;/q+1;;;-1. The Labute approximate surface area is 111 Å². The summed E-state index contributed by atoms with van der Waals surface area (Å²) in [5.41, 5.74) is 0. The summed E-state index contributed by atoms with van der Waals surface area (Å²) in [7, 11) is -5.14. The largest absolute Gasteiger partial charge is 1.00 e. The van der Waals surface area contributed by atoms with Crippen LogP contribution in [0.5, 0.6) is 0 Å². The van der Waals surface area contributed by atoms with E-state index in [-0.39, 0.29) is 87.4 Å². The van der Waals surface area contributed by atoms with Gasteiger partial charge in [0.2, 0.25) is 0 Å². The van der Waals surface area contributed by atoms with E-state index < -0.39 is 7.91 Å². The zero-order valence-corrected chi connectivity index (χ0v) is 11.8. The molecule has 3 nitrogen and oxygen atoms in total. The summed E-state index contributed by atoms with van der Waals surface area (Å²) in [6.07, 6.45) is 0. The van der Waals surface area contributed by atoms with Crippen LogP contribution in [-0.2, 0) is 21.6 Å². The fraction of sp³-hybridized carbons (Fsp3) is 0. The van der Waals surface area contributed by atoms with Crippen molar-refractivity contribution in [3.05, 3.63) is 0 Å². The summed E-state index contributed by atoms with van der Waals surface area (Å²) >= 11 is 0. The van der Waals surface area contributed by atoms with Gasteiger partial charge in [-0.25, -0.2) is 4.57 Å². The fourth-order valence-electron chi connectivity index (χ4n) is 0. The molecule has 0 bridgehead atoms. The van der Waals surface area contributed by atoms with Gasteiger partial charge in [-0.2, -0.15) is 0 Å². The molecule has 0 saturated heterocycles. The van der Waals surface area contributed by atoms with E-state index in [1.807, 2.05) is 0 Å². The van der Waals surface area contributed by atoms with Gasteiger partial charge in [0.15, 0.2) is 0 Å². The molecule has 0 spiro atoms. The summed E-state index contributed by atoms with van der Waals surface area (Å²) in [6, 6.07) is 0. The van der Waals surface area contributed by atoms with E-state index in [1.54, 1.807) is 0 Å². The molecule has 0 aliphatic rings. The van der Waals surface area contributed by atoms with E-state index in [9.17, 15) is 4.20 Å². The SMILES string of the molecule is O=P(O)(O)F.[Cs+].[Fe].[H-]. The van der Waals surface area contributed by atoms with Crippen molar-refractivity contribution in [3.63, 3.8) is 0 Å². The summed E-state index contributed by atoms with van der Waals surface area (Å²) in [5, 5.41) is 0. The van der Waals surface area contributed by atoms with Crippen molar-refractivity contribution < 1.29 is 106 Å². The summed E-state index contributed by atoms with van der Waals surface area (Å²) in [4.78, 5) is 13.9. The first kappa shape index (κ1) is 16.3. The molecule has 7 heteroatoms. The molecule has 42 valence electrons. The van der Waals surface area contributed by atoms with Gasteiger partial charge in [0.25, 0.3) is 0 Å². The number of rotatable bonds is 0. The van der Waals surface area contributed by atoms with E-state index in [0.29, 0.717) is 0 Å². The number of hydrogen-bond acceptors (Lipinski definition) is 1. The summed E-state index contributed by atoms with van der Waals surface area (Å²) < 4.78 is 19.0. The molecule has 2 N–H and O–H groups in total. The molecule has 0 aromatic heterocycles. The average molecular weight is 290 g/mol. The Morgan fingerprint density at radius 2 is 1.57 bits per heavy atom. The van der Waals surface area contributed by atoms with Crippen molar-refractivity contribution in [1.82, 2.24) is 0 Å². The molecule has 0 atom stereocenters. The Morgan fingerprint density at radius 3 is 1.57 bits per heavy atom. The molecule has 0 heterocycles. The first-order valence-corrected chi connectivity index (χ1v) is 2.25. The van der Waals surface area contributed by atoms with Crippen molar-refractivity contribution in [2.45, 2.75) is 0 Å². The van der Waals surface area contributed by atoms with Crippen LogP contribution in [-0.4, -0.2) is 9.79 Å². The second-order valence-electron chi connectivity index (χ2n) is 0.473. The second kappa shape index (κ2) is 6.77. The number of halogens is 1. The average Bonchev–Trinajstić information content (AvgIpc) is 0.722. The molecule has 0 aromatic rings. The van der Waals surface area contributed by atoms with Gasteiger partial charge in [0.1, 0.15) is 0 Å². The zero-order valence-electron chi connectivity index (χ0n) is 4.48. The van der Waals surface area contributed by atoms with Crippen molar-refractivity contribution in [3.8, 4) is 0 Å². The zero-order chi connectivity index (χ0) is 4.50. The first-order chi connectivity index (χ1) is 2.00. The summed E-state index contributed by atoms with van der Waals surface area (Å²) in [6.45, 7) is 0. The van der Waals surface area contributed by atoms with Crippen molar-refractivity contribution >= 4 is 7.91 Å². The molecule has 0 saturated carbocycles. The predicted octanol–water partition coefficient (Wildman–Crippen LogP) is -2.84. The molecule has 0 unspecified atom stereocenters. The molecule has 0 aliphatic carbocycles. The van der Waals surface area contributed by atoms with Crippen LogP contribution in [0, 0.1) is 0 Å². The molecular weight excluding hydrogens is 287 g/mol. The Kier molecular flexibility index (Phi) is 15.8. The Balaban J connectivity index is -0.0000000267. The van der Waals surface area contributed by atoms with Crippen LogP contribution >= 0.6 is 7.91 Å². The minimum Gasteiger partial charge on any atom is -1.00 e. The molecule has 0 amide bonds. The van der Waals surface area contributed by atoms with E-state index in [2.05, 4.69) is 0 Å². The van der Waals surface area contributed by atoms with E-state index in [1.165, 1.54) is 0 Å². The second-order valence-corrected chi connectivity index (χ2v) is 1.42. The Morgan fingerprint density at radius 1 is 1.57 bits per heavy atom. The van der Waals surface area contributed by atoms with Crippen LogP contribution in [0.1, 0.15) is 1.43 Å². The third kappa shape index (κ3) is 54.4. The van der Waals surface area contributed by atoms with Crippen molar-refractivity contribution in [1.29, 1.82) is 0 Å². The van der Waals surface area contributed by atoms with Gasteiger partial charge in [0.05, 0.1) is 0 Å². The molecule has 0 aliphatic heterocycles. The van der Waals surface area contributed by atoms with E-state index in [4.69, 9.17) is 14.4 Å². The Bertz CT molecular complexity index is 65.4. The third-order valence-electron chi connectivity index (χ3n) is 0. The molecular formula is H3CsFFeO3P. The maximum Gasteiger partial charge on any atom is 1.00 e. The minimum absolute atomic E-state index is 0. The maximum absolute atomic E-state index is 10.4. The van der Waals surface area contributed by atoms with Crippen LogP contribution in [0.2, 0.25) is 0 Å². The van der Waals surface area contributed by atoms with Gasteiger partial charge in [-0.1, -0.05) is 0 Å². The van der Waals surface area contributed by atoms with Gasteiger partial charge in [-0.15, -0.1) is 4.20 Å². The molecule has 0 rings (SSSR count). The van der Waals surface area contributed by atoms with Gasteiger partial charge < -0.3 is 1.43 Å². The van der Waals surface area contributed by atoms with Gasteiger partial charge >= 0.3 is 76.8 Å². The monoisotopic (exact) mass is 290 g/mol. The summed E-state index contributed by atoms with van der Waals surface area (Å²) in [5.74, 6) is 0. The minimum atomic E-state index is -5.14. The smallest absolute Gasteiger partial charge is 1.00 e. The quantitative estimate of drug-likeness (QED) is 0.373. The number of hydrogen-bond donors (Lipinski definition) is 2. The third-order valence-corrected chi connectivity index (χ3v) is 0. The molecule has 7 heavy (non-hydrogen) atoms. The van der Waals surface area contributed by atoms with E-state index >= 15 is 0 Å². The normalized spacial score (nSPS) is 8.43. The van der Waals surface area contributed by atoms with E-state index in [0.717, 1.165) is 0 Å². The maximum atomic E-state index is 10.4. The van der Waals surface area contributed by atoms with Crippen molar-refractivity contribution in [2.75, 3.05) is 0 Å². The van der Waals surface area contributed by atoms with Crippen molar-refractivity contribution in [2.24, 2.45) is 0 Å². The molecule has 0 aromatic carbocycles. The topological polar surface area (TPSA) is 57.5 Å². The predicted molar refractivity (Wildman–Crippen MR) is 14.3 cm³/mol. The van der Waals surface area contributed by atoms with Gasteiger partial charge in [-0.3, -0.25) is 9.79 Å². The van der Waals surface area contributed by atoms with Crippen LogP contribution in [0.15, 0.2) is 0 Å². The molecule has 0 fully saturated rings. The molecule has 0 radical (unpaired) electrons. The Hall–Kier alpha value is 2.65. The van der Waals surface area contributed by atoms with Gasteiger partial charge in [-0.05, 0) is 0 Å². The van der Waals surface area contributed by atoms with Crippen LogP contribution < -0.4 is 68.9 Å². The fourth-order valence-corrected chi connectivity index (χ4v) is 0. The van der Waals surface area contributed by atoms with Crippen LogP contribution in [0.3, 0.4) is 0 Å². The van der Waals surface area contributed by atoms with Gasteiger partial charge in [0, 0.05) is 17.1 Å². The first-order valence-electron chi connectivity index (χ1n) is 0.752. The van der Waals surface area contributed by atoms with Crippen LogP contribution in [0.4, 0.5) is 4.20 Å². The van der Waals surface area contributed by atoms with Crippen LogP contribution in [0.25, 0.3) is 0 Å².